The van der Waals surface area contributed by atoms with E-state index in [9.17, 15) is 14.0 Å². The summed E-state index contributed by atoms with van der Waals surface area (Å²) < 4.78 is 14.4. The Morgan fingerprint density at radius 2 is 1.69 bits per heavy atom. The molecule has 2 aromatic carbocycles. The van der Waals surface area contributed by atoms with Crippen LogP contribution in [0.5, 0.6) is 0 Å². The SMILES string of the molecule is O=C(Nc1cc(F)ccc1NC(=O)c1ccccn1)c1cccc(Br)c1. The first-order valence-electron chi connectivity index (χ1n) is 7.62. The third-order valence-corrected chi connectivity index (χ3v) is 3.96. The smallest absolute Gasteiger partial charge is 0.274 e. The summed E-state index contributed by atoms with van der Waals surface area (Å²) in [6, 6.07) is 15.4. The number of amides is 2. The second kappa shape index (κ2) is 7.88. The number of aromatic nitrogens is 1. The van der Waals surface area contributed by atoms with E-state index in [1.165, 1.54) is 18.3 Å². The molecule has 0 saturated heterocycles. The van der Waals surface area contributed by atoms with Gasteiger partial charge in [-0.3, -0.25) is 14.6 Å². The number of carbonyl (C=O) groups is 2. The molecule has 130 valence electrons. The van der Waals surface area contributed by atoms with Crippen molar-refractivity contribution >= 4 is 39.1 Å². The summed E-state index contributed by atoms with van der Waals surface area (Å²) in [6.45, 7) is 0. The number of carbonyl (C=O) groups excluding carboxylic acids is 2. The standard InChI is InChI=1S/C19H13BrFN3O2/c20-13-5-3-4-12(10-13)18(25)24-17-11-14(21)7-8-15(17)23-19(26)16-6-1-2-9-22-16/h1-11H,(H,23,26)(H,24,25). The zero-order chi connectivity index (χ0) is 18.5. The number of nitrogens with zero attached hydrogens (tertiary/aromatic N) is 1. The minimum Gasteiger partial charge on any atom is -0.320 e. The molecule has 0 fully saturated rings. The topological polar surface area (TPSA) is 71.1 Å². The fourth-order valence-electron chi connectivity index (χ4n) is 2.24. The number of anilines is 2. The van der Waals surface area contributed by atoms with Crippen LogP contribution in [0.2, 0.25) is 0 Å². The number of hydrogen-bond acceptors (Lipinski definition) is 3. The van der Waals surface area contributed by atoms with Gasteiger partial charge in [-0.05, 0) is 48.5 Å². The third-order valence-electron chi connectivity index (χ3n) is 3.46. The summed E-state index contributed by atoms with van der Waals surface area (Å²) >= 11 is 3.30. The van der Waals surface area contributed by atoms with Gasteiger partial charge >= 0.3 is 0 Å². The number of nitrogens with one attached hydrogen (secondary N) is 2. The summed E-state index contributed by atoms with van der Waals surface area (Å²) in [5.74, 6) is -1.43. The molecule has 0 spiro atoms. The first kappa shape index (κ1) is 17.8. The highest BCUT2D eigenvalue weighted by atomic mass is 79.9. The second-order valence-corrected chi connectivity index (χ2v) is 6.24. The van der Waals surface area contributed by atoms with Crippen LogP contribution >= 0.6 is 15.9 Å². The Bertz CT molecular complexity index is 964. The number of pyridine rings is 1. The highest BCUT2D eigenvalue weighted by Crippen LogP contribution is 2.24. The van der Waals surface area contributed by atoms with Crippen molar-refractivity contribution in [2.45, 2.75) is 0 Å². The molecule has 0 radical (unpaired) electrons. The zero-order valence-electron chi connectivity index (χ0n) is 13.4. The third kappa shape index (κ3) is 4.31. The maximum Gasteiger partial charge on any atom is 0.274 e. The molecule has 2 amide bonds. The minimum atomic E-state index is -0.537. The minimum absolute atomic E-state index is 0.152. The molecule has 0 bridgehead atoms. The van der Waals surface area contributed by atoms with Gasteiger partial charge < -0.3 is 10.6 Å². The monoisotopic (exact) mass is 413 g/mol. The van der Waals surface area contributed by atoms with Crippen LogP contribution in [0.4, 0.5) is 15.8 Å². The molecule has 1 heterocycles. The van der Waals surface area contributed by atoms with Gasteiger partial charge in [-0.1, -0.05) is 28.1 Å². The van der Waals surface area contributed by atoms with Crippen LogP contribution in [0.1, 0.15) is 20.8 Å². The maximum absolute atomic E-state index is 13.6. The van der Waals surface area contributed by atoms with Crippen LogP contribution in [0, 0.1) is 5.82 Å². The molecule has 0 aliphatic rings. The van der Waals surface area contributed by atoms with E-state index in [1.54, 1.807) is 42.5 Å². The predicted octanol–water partition coefficient (Wildman–Crippen LogP) is 4.49. The molecule has 3 rings (SSSR count). The molecule has 0 aliphatic heterocycles. The van der Waals surface area contributed by atoms with Gasteiger partial charge in [0.1, 0.15) is 11.5 Å². The van der Waals surface area contributed by atoms with Crippen molar-refractivity contribution in [2.24, 2.45) is 0 Å². The largest absolute Gasteiger partial charge is 0.320 e. The van der Waals surface area contributed by atoms with Crippen molar-refractivity contribution < 1.29 is 14.0 Å². The van der Waals surface area contributed by atoms with Crippen molar-refractivity contribution in [2.75, 3.05) is 10.6 Å². The lowest BCUT2D eigenvalue weighted by Gasteiger charge is -2.12. The highest BCUT2D eigenvalue weighted by molar-refractivity contribution is 9.10. The van der Waals surface area contributed by atoms with E-state index in [2.05, 4.69) is 31.5 Å². The average Bonchev–Trinajstić information content (AvgIpc) is 2.64. The van der Waals surface area contributed by atoms with E-state index >= 15 is 0 Å². The molecule has 0 unspecified atom stereocenters. The van der Waals surface area contributed by atoms with Crippen LogP contribution in [0.15, 0.2) is 71.3 Å². The van der Waals surface area contributed by atoms with Gasteiger partial charge in [0.25, 0.3) is 11.8 Å². The molecule has 2 N–H and O–H groups in total. The maximum atomic E-state index is 13.6. The molecule has 0 aliphatic carbocycles. The molecule has 5 nitrogen and oxygen atoms in total. The van der Waals surface area contributed by atoms with Crippen LogP contribution < -0.4 is 10.6 Å². The van der Waals surface area contributed by atoms with E-state index in [-0.39, 0.29) is 17.1 Å². The first-order valence-corrected chi connectivity index (χ1v) is 8.41. The van der Waals surface area contributed by atoms with Crippen LogP contribution in [-0.2, 0) is 0 Å². The van der Waals surface area contributed by atoms with Crippen molar-refractivity contribution in [1.82, 2.24) is 4.98 Å². The molecule has 3 aromatic rings. The summed E-state index contributed by atoms with van der Waals surface area (Å²) in [5.41, 5.74) is 1.02. The fraction of sp³-hybridized carbons (Fsp3) is 0. The van der Waals surface area contributed by atoms with Gasteiger partial charge in [-0.15, -0.1) is 0 Å². The lowest BCUT2D eigenvalue weighted by Crippen LogP contribution is -2.17. The Labute approximate surface area is 157 Å². The summed E-state index contributed by atoms with van der Waals surface area (Å²) in [7, 11) is 0. The van der Waals surface area contributed by atoms with Crippen molar-refractivity contribution in [3.05, 3.63) is 88.4 Å². The number of hydrogen-bond donors (Lipinski definition) is 2. The van der Waals surface area contributed by atoms with E-state index in [4.69, 9.17) is 0 Å². The lowest BCUT2D eigenvalue weighted by atomic mass is 10.2. The van der Waals surface area contributed by atoms with E-state index in [0.717, 1.165) is 10.5 Å². The Hall–Kier alpha value is -3.06. The van der Waals surface area contributed by atoms with Crippen LogP contribution in [0.3, 0.4) is 0 Å². The molecular formula is C19H13BrFN3O2. The fourth-order valence-corrected chi connectivity index (χ4v) is 2.64. The van der Waals surface area contributed by atoms with Crippen molar-refractivity contribution in [3.8, 4) is 0 Å². The summed E-state index contributed by atoms with van der Waals surface area (Å²) in [5, 5.41) is 5.25. The van der Waals surface area contributed by atoms with E-state index < -0.39 is 17.6 Å². The van der Waals surface area contributed by atoms with Crippen molar-refractivity contribution in [3.63, 3.8) is 0 Å². The quantitative estimate of drug-likeness (QED) is 0.661. The predicted molar refractivity (Wildman–Crippen MR) is 101 cm³/mol. The average molecular weight is 414 g/mol. The summed E-state index contributed by atoms with van der Waals surface area (Å²) in [4.78, 5) is 28.6. The molecule has 26 heavy (non-hydrogen) atoms. The Morgan fingerprint density at radius 3 is 2.42 bits per heavy atom. The number of halogens is 2. The van der Waals surface area contributed by atoms with E-state index in [0.29, 0.717) is 5.56 Å². The normalized spacial score (nSPS) is 10.2. The Balaban J connectivity index is 1.84. The summed E-state index contributed by atoms with van der Waals surface area (Å²) in [6.07, 6.45) is 1.50. The Morgan fingerprint density at radius 1 is 0.885 bits per heavy atom. The van der Waals surface area contributed by atoms with Gasteiger partial charge in [0.2, 0.25) is 0 Å². The molecular weight excluding hydrogens is 401 g/mol. The molecule has 1 aromatic heterocycles. The van der Waals surface area contributed by atoms with Gasteiger partial charge in [0, 0.05) is 16.2 Å². The molecule has 0 atom stereocenters. The van der Waals surface area contributed by atoms with Gasteiger partial charge in [-0.25, -0.2) is 4.39 Å². The second-order valence-electron chi connectivity index (χ2n) is 5.32. The Kier molecular flexibility index (Phi) is 5.38. The lowest BCUT2D eigenvalue weighted by molar-refractivity contribution is 0.101. The molecule has 0 saturated carbocycles. The highest BCUT2D eigenvalue weighted by Gasteiger charge is 2.14. The zero-order valence-corrected chi connectivity index (χ0v) is 15.0. The van der Waals surface area contributed by atoms with Gasteiger partial charge in [-0.2, -0.15) is 0 Å². The van der Waals surface area contributed by atoms with Crippen LogP contribution in [0.25, 0.3) is 0 Å². The van der Waals surface area contributed by atoms with Gasteiger partial charge in [0.15, 0.2) is 0 Å². The van der Waals surface area contributed by atoms with Crippen molar-refractivity contribution in [1.29, 1.82) is 0 Å². The number of rotatable bonds is 4. The molecule has 7 heteroatoms. The van der Waals surface area contributed by atoms with Gasteiger partial charge in [0.05, 0.1) is 11.4 Å². The first-order chi connectivity index (χ1) is 12.5. The van der Waals surface area contributed by atoms with Crippen LogP contribution in [-0.4, -0.2) is 16.8 Å². The van der Waals surface area contributed by atoms with E-state index in [1.807, 2.05) is 0 Å². The number of benzene rings is 2.